The maximum absolute atomic E-state index is 2.58. The van der Waals surface area contributed by atoms with Gasteiger partial charge < -0.3 is 0 Å². The van der Waals surface area contributed by atoms with E-state index < -0.39 is 0 Å². The van der Waals surface area contributed by atoms with Crippen molar-refractivity contribution in [1.29, 1.82) is 0 Å². The largest absolute Gasteiger partial charge is 0.285 e. The number of aryl methyl sites for hydroxylation is 1. The molecule has 2 heteroatoms. The SMILES string of the molecule is Cc1ccccc1C1=[N+](C)C2C=CC=C3C(C)c4ccccc4N1C32. The Morgan fingerprint density at radius 2 is 1.76 bits per heavy atom. The van der Waals surface area contributed by atoms with Gasteiger partial charge >= 0.3 is 0 Å². The number of para-hydroxylation sites is 1. The zero-order chi connectivity index (χ0) is 17.1. The molecule has 124 valence electrons. The Kier molecular flexibility index (Phi) is 3.05. The molecule has 2 nitrogen and oxygen atoms in total. The van der Waals surface area contributed by atoms with Crippen molar-refractivity contribution in [1.82, 2.24) is 0 Å². The topological polar surface area (TPSA) is 6.25 Å². The van der Waals surface area contributed by atoms with Gasteiger partial charge in [0.2, 0.25) is 0 Å². The van der Waals surface area contributed by atoms with Crippen molar-refractivity contribution < 1.29 is 4.58 Å². The van der Waals surface area contributed by atoms with Crippen LogP contribution in [0.15, 0.2) is 72.3 Å². The summed E-state index contributed by atoms with van der Waals surface area (Å²) in [5.41, 5.74) is 6.98. The van der Waals surface area contributed by atoms with E-state index in [0.29, 0.717) is 18.0 Å². The van der Waals surface area contributed by atoms with Gasteiger partial charge in [-0.05, 0) is 36.3 Å². The molecule has 2 heterocycles. The smallest absolute Gasteiger partial charge is 0.253 e. The fourth-order valence-corrected chi connectivity index (χ4v) is 4.83. The van der Waals surface area contributed by atoms with Gasteiger partial charge in [0.05, 0.1) is 12.6 Å². The third-order valence-corrected chi connectivity index (χ3v) is 6.10. The Balaban J connectivity index is 1.81. The van der Waals surface area contributed by atoms with Gasteiger partial charge in [-0.25, -0.2) is 4.90 Å². The molecule has 0 fully saturated rings. The Morgan fingerprint density at radius 1 is 1.00 bits per heavy atom. The van der Waals surface area contributed by atoms with Crippen molar-refractivity contribution in [2.75, 3.05) is 11.9 Å². The third kappa shape index (κ3) is 1.88. The first-order valence-electron chi connectivity index (χ1n) is 9.10. The van der Waals surface area contributed by atoms with Crippen LogP contribution in [0.2, 0.25) is 0 Å². The van der Waals surface area contributed by atoms with E-state index >= 15 is 0 Å². The van der Waals surface area contributed by atoms with Crippen molar-refractivity contribution in [3.05, 3.63) is 89.0 Å². The first-order valence-corrected chi connectivity index (χ1v) is 9.10. The van der Waals surface area contributed by atoms with Crippen molar-refractivity contribution in [2.24, 2.45) is 0 Å². The Morgan fingerprint density at radius 3 is 2.60 bits per heavy atom. The second kappa shape index (κ2) is 5.19. The molecule has 3 unspecified atom stereocenters. The molecule has 3 aliphatic rings. The zero-order valence-electron chi connectivity index (χ0n) is 15.0. The number of amidine groups is 1. The maximum Gasteiger partial charge on any atom is 0.285 e. The van der Waals surface area contributed by atoms with Gasteiger partial charge in [0.15, 0.2) is 12.1 Å². The van der Waals surface area contributed by atoms with Crippen LogP contribution in [-0.2, 0) is 0 Å². The summed E-state index contributed by atoms with van der Waals surface area (Å²) in [7, 11) is 2.24. The minimum atomic E-state index is 0.394. The third-order valence-electron chi connectivity index (χ3n) is 6.10. The number of benzene rings is 2. The molecule has 25 heavy (non-hydrogen) atoms. The number of rotatable bonds is 1. The van der Waals surface area contributed by atoms with Gasteiger partial charge in [0, 0.05) is 11.5 Å². The number of fused-ring (bicyclic) bond motifs is 2. The normalized spacial score (nSPS) is 26.4. The van der Waals surface area contributed by atoms with Crippen LogP contribution < -0.4 is 4.90 Å². The molecular formula is C23H23N2+. The lowest BCUT2D eigenvalue weighted by molar-refractivity contribution is -0.517. The Bertz CT molecular complexity index is 964. The molecule has 0 spiro atoms. The van der Waals surface area contributed by atoms with Gasteiger partial charge in [-0.1, -0.05) is 55.5 Å². The van der Waals surface area contributed by atoms with Gasteiger partial charge in [-0.2, -0.15) is 0 Å². The standard InChI is InChI=1S/C23H23N2/c1-15-9-4-5-10-17(15)23-24(3)21-14-8-12-19-16(2)18-11-6-7-13-20(18)25(23)22(19)21/h4-14,16,21-22H,1-3H3/q+1. The minimum absolute atomic E-state index is 0.394. The molecule has 0 saturated heterocycles. The van der Waals surface area contributed by atoms with Gasteiger partial charge in [-0.3, -0.25) is 4.58 Å². The summed E-state index contributed by atoms with van der Waals surface area (Å²) >= 11 is 0. The number of anilines is 1. The van der Waals surface area contributed by atoms with E-state index in [9.17, 15) is 0 Å². The summed E-state index contributed by atoms with van der Waals surface area (Å²) in [6.07, 6.45) is 6.94. The van der Waals surface area contributed by atoms with E-state index in [-0.39, 0.29) is 0 Å². The molecule has 3 atom stereocenters. The second-order valence-electron chi connectivity index (χ2n) is 7.39. The molecule has 0 N–H and O–H groups in total. The number of hydrogen-bond acceptors (Lipinski definition) is 1. The first kappa shape index (κ1) is 14.7. The van der Waals surface area contributed by atoms with Crippen molar-refractivity contribution >= 4 is 11.5 Å². The van der Waals surface area contributed by atoms with Crippen LogP contribution in [0.4, 0.5) is 5.69 Å². The zero-order valence-corrected chi connectivity index (χ0v) is 15.0. The lowest BCUT2D eigenvalue weighted by Gasteiger charge is -2.36. The number of allylic oxidation sites excluding steroid dienone is 2. The molecule has 0 amide bonds. The molecule has 0 saturated carbocycles. The Labute approximate surface area is 149 Å². The summed E-state index contributed by atoms with van der Waals surface area (Å²) in [5.74, 6) is 1.79. The maximum atomic E-state index is 2.58. The van der Waals surface area contributed by atoms with Gasteiger partial charge in [-0.15, -0.1) is 0 Å². The summed E-state index contributed by atoms with van der Waals surface area (Å²) in [4.78, 5) is 2.58. The molecule has 2 aromatic rings. The minimum Gasteiger partial charge on any atom is -0.253 e. The highest BCUT2D eigenvalue weighted by Gasteiger charge is 2.54. The van der Waals surface area contributed by atoms with Crippen LogP contribution >= 0.6 is 0 Å². The van der Waals surface area contributed by atoms with E-state index in [0.717, 1.165) is 0 Å². The average Bonchev–Trinajstić information content (AvgIpc) is 2.94. The summed E-state index contributed by atoms with van der Waals surface area (Å²) < 4.78 is 2.46. The van der Waals surface area contributed by atoms with Crippen LogP contribution in [0.3, 0.4) is 0 Å². The Hall–Kier alpha value is -2.61. The van der Waals surface area contributed by atoms with Gasteiger partial charge in [0.1, 0.15) is 5.69 Å². The molecule has 0 radical (unpaired) electrons. The average molecular weight is 327 g/mol. The number of hydrogen-bond donors (Lipinski definition) is 0. The summed E-state index contributed by atoms with van der Waals surface area (Å²) in [6, 6.07) is 18.4. The van der Waals surface area contributed by atoms with E-state index in [2.05, 4.69) is 97.1 Å². The predicted molar refractivity (Wildman–Crippen MR) is 104 cm³/mol. The quantitative estimate of drug-likeness (QED) is 0.710. The molecule has 2 aliphatic heterocycles. The lowest BCUT2D eigenvalue weighted by atomic mass is 9.78. The van der Waals surface area contributed by atoms with Gasteiger partial charge in [0.25, 0.3) is 5.84 Å². The number of nitrogens with zero attached hydrogens (tertiary/aromatic N) is 2. The fourth-order valence-electron chi connectivity index (χ4n) is 4.83. The van der Waals surface area contributed by atoms with E-state index in [1.807, 2.05) is 0 Å². The highest BCUT2D eigenvalue weighted by molar-refractivity contribution is 6.10. The lowest BCUT2D eigenvalue weighted by Crippen LogP contribution is -2.46. The van der Waals surface area contributed by atoms with Crippen molar-refractivity contribution in [2.45, 2.75) is 31.8 Å². The van der Waals surface area contributed by atoms with Crippen LogP contribution in [0.5, 0.6) is 0 Å². The van der Waals surface area contributed by atoms with Crippen LogP contribution in [0.25, 0.3) is 0 Å². The first-order chi connectivity index (χ1) is 12.2. The molecule has 1 aliphatic carbocycles. The highest BCUT2D eigenvalue weighted by Crippen LogP contribution is 2.47. The molecule has 5 rings (SSSR count). The van der Waals surface area contributed by atoms with Crippen molar-refractivity contribution in [3.8, 4) is 0 Å². The molecule has 0 aromatic heterocycles. The predicted octanol–water partition coefficient (Wildman–Crippen LogP) is 4.25. The summed E-state index contributed by atoms with van der Waals surface area (Å²) in [5, 5.41) is 0. The highest BCUT2D eigenvalue weighted by atomic mass is 15.4. The molecule has 0 bridgehead atoms. The van der Waals surface area contributed by atoms with Crippen molar-refractivity contribution in [3.63, 3.8) is 0 Å². The molecule has 2 aromatic carbocycles. The van der Waals surface area contributed by atoms with E-state index in [1.54, 1.807) is 0 Å². The fraction of sp³-hybridized carbons (Fsp3) is 0.261. The molecular weight excluding hydrogens is 304 g/mol. The van der Waals surface area contributed by atoms with Crippen LogP contribution in [-0.4, -0.2) is 29.5 Å². The number of likely N-dealkylation sites (N-methyl/N-ethyl adjacent to an activating group) is 1. The van der Waals surface area contributed by atoms with E-state index in [1.165, 1.54) is 33.8 Å². The monoisotopic (exact) mass is 327 g/mol. The second-order valence-corrected chi connectivity index (χ2v) is 7.39. The van der Waals surface area contributed by atoms with Crippen LogP contribution in [0, 0.1) is 6.92 Å². The van der Waals surface area contributed by atoms with Crippen LogP contribution in [0.1, 0.15) is 29.5 Å². The van der Waals surface area contributed by atoms with E-state index in [4.69, 9.17) is 0 Å². The summed E-state index contributed by atoms with van der Waals surface area (Å²) in [6.45, 7) is 4.56.